The average Bonchev–Trinajstić information content (AvgIpc) is 1.88. The maximum Gasteiger partial charge on any atom is 0.323 e. The van der Waals surface area contributed by atoms with Gasteiger partial charge in [0.2, 0.25) is 0 Å². The van der Waals surface area contributed by atoms with Gasteiger partial charge in [0.05, 0.1) is 0 Å². The van der Waals surface area contributed by atoms with Crippen molar-refractivity contribution in [1.82, 2.24) is 0 Å². The number of hydrogen-bond donors (Lipinski definition) is 2. The summed E-state index contributed by atoms with van der Waals surface area (Å²) in [6.07, 6.45) is 1.87. The average molecular weight is 145 g/mol. The van der Waals surface area contributed by atoms with Crippen LogP contribution in [-0.4, -0.2) is 16.6 Å². The summed E-state index contributed by atoms with van der Waals surface area (Å²) in [5.74, 6) is -0.892. The zero-order valence-corrected chi connectivity index (χ0v) is 6.55. The van der Waals surface area contributed by atoms with E-state index in [4.69, 9.17) is 10.8 Å². The van der Waals surface area contributed by atoms with Gasteiger partial charge in [0.15, 0.2) is 0 Å². The first-order chi connectivity index (χ1) is 4.56. The molecule has 0 amide bonds. The van der Waals surface area contributed by atoms with E-state index in [1.54, 1.807) is 6.92 Å². The Morgan fingerprint density at radius 2 is 2.10 bits per heavy atom. The summed E-state index contributed by atoms with van der Waals surface area (Å²) in [5.41, 5.74) is 4.56. The van der Waals surface area contributed by atoms with E-state index >= 15 is 0 Å². The number of carboxylic acids is 1. The number of carbonyl (C=O) groups is 1. The number of carboxylic acid groups (broad SMARTS) is 1. The van der Waals surface area contributed by atoms with Crippen LogP contribution in [0.5, 0.6) is 0 Å². The fourth-order valence-electron chi connectivity index (χ4n) is 0.881. The minimum Gasteiger partial charge on any atom is -0.480 e. The van der Waals surface area contributed by atoms with Crippen LogP contribution in [0.2, 0.25) is 0 Å². The molecule has 0 heterocycles. The van der Waals surface area contributed by atoms with Gasteiger partial charge in [-0.05, 0) is 12.8 Å². The van der Waals surface area contributed by atoms with Crippen molar-refractivity contribution in [3.63, 3.8) is 0 Å². The molecule has 3 nitrogen and oxygen atoms in total. The molecular formula is C7H15NO2. The van der Waals surface area contributed by atoms with E-state index < -0.39 is 11.5 Å². The maximum absolute atomic E-state index is 10.5. The lowest BCUT2D eigenvalue weighted by Crippen LogP contribution is -2.47. The topological polar surface area (TPSA) is 63.3 Å². The van der Waals surface area contributed by atoms with Crippen LogP contribution in [0.3, 0.4) is 0 Å². The molecule has 10 heavy (non-hydrogen) atoms. The third kappa shape index (κ3) is 1.99. The van der Waals surface area contributed by atoms with Gasteiger partial charge >= 0.3 is 5.97 Å². The Bertz CT molecular complexity index is 125. The Labute approximate surface area is 61.2 Å². The number of hydrogen-bond acceptors (Lipinski definition) is 2. The predicted molar refractivity (Wildman–Crippen MR) is 39.8 cm³/mol. The zero-order valence-electron chi connectivity index (χ0n) is 6.55. The van der Waals surface area contributed by atoms with E-state index in [0.717, 1.165) is 6.42 Å². The second-order valence-corrected chi connectivity index (χ2v) is 2.56. The van der Waals surface area contributed by atoms with Crippen molar-refractivity contribution in [1.29, 1.82) is 0 Å². The Morgan fingerprint density at radius 1 is 1.60 bits per heavy atom. The van der Waals surface area contributed by atoms with Crippen molar-refractivity contribution in [2.75, 3.05) is 0 Å². The van der Waals surface area contributed by atoms with E-state index in [-0.39, 0.29) is 0 Å². The largest absolute Gasteiger partial charge is 0.480 e. The standard InChI is InChI=1S/C7H15NO2/c1-3-5-7(8,4-2)6(9)10/h3-5,8H2,1-2H3,(H,9,10)/t7-/m1/s1. The highest BCUT2D eigenvalue weighted by molar-refractivity contribution is 5.78. The maximum atomic E-state index is 10.5. The predicted octanol–water partition coefficient (Wildman–Crippen LogP) is 0.979. The fourth-order valence-corrected chi connectivity index (χ4v) is 0.881. The van der Waals surface area contributed by atoms with E-state index in [9.17, 15) is 4.79 Å². The normalized spacial score (nSPS) is 16.3. The third-order valence-electron chi connectivity index (χ3n) is 1.75. The molecule has 0 radical (unpaired) electrons. The molecule has 0 unspecified atom stereocenters. The second kappa shape index (κ2) is 3.56. The highest BCUT2D eigenvalue weighted by Crippen LogP contribution is 2.13. The highest BCUT2D eigenvalue weighted by atomic mass is 16.4. The van der Waals surface area contributed by atoms with Crippen molar-refractivity contribution in [3.05, 3.63) is 0 Å². The van der Waals surface area contributed by atoms with Gasteiger partial charge in [-0.25, -0.2) is 0 Å². The molecule has 0 aromatic rings. The minimum absolute atomic E-state index is 0.496. The van der Waals surface area contributed by atoms with Gasteiger partial charge < -0.3 is 10.8 Å². The van der Waals surface area contributed by atoms with Crippen molar-refractivity contribution >= 4 is 5.97 Å². The molecule has 3 N–H and O–H groups in total. The zero-order chi connectivity index (χ0) is 8.20. The molecule has 0 aliphatic heterocycles. The molecule has 0 spiro atoms. The van der Waals surface area contributed by atoms with E-state index in [1.165, 1.54) is 0 Å². The summed E-state index contributed by atoms with van der Waals surface area (Å²) in [6.45, 7) is 3.73. The molecule has 60 valence electrons. The van der Waals surface area contributed by atoms with Crippen LogP contribution in [0, 0.1) is 0 Å². The van der Waals surface area contributed by atoms with Gasteiger partial charge in [-0.1, -0.05) is 20.3 Å². The van der Waals surface area contributed by atoms with Crippen molar-refractivity contribution in [2.45, 2.75) is 38.6 Å². The lowest BCUT2D eigenvalue weighted by molar-refractivity contribution is -0.143. The minimum atomic E-state index is -0.991. The Kier molecular flexibility index (Phi) is 3.36. The quantitative estimate of drug-likeness (QED) is 0.619. The van der Waals surface area contributed by atoms with Gasteiger partial charge in [-0.15, -0.1) is 0 Å². The summed E-state index contributed by atoms with van der Waals surface area (Å²) < 4.78 is 0. The van der Waals surface area contributed by atoms with Crippen LogP contribution in [-0.2, 0) is 4.79 Å². The molecule has 0 aromatic carbocycles. The Morgan fingerprint density at radius 3 is 2.20 bits per heavy atom. The lowest BCUT2D eigenvalue weighted by Gasteiger charge is -2.21. The van der Waals surface area contributed by atoms with Crippen molar-refractivity contribution < 1.29 is 9.90 Å². The molecule has 0 bridgehead atoms. The number of rotatable bonds is 4. The SMILES string of the molecule is CCC[C@](N)(CC)C(=O)O. The molecule has 3 heteroatoms. The van der Waals surface area contributed by atoms with E-state index in [2.05, 4.69) is 0 Å². The van der Waals surface area contributed by atoms with Crippen molar-refractivity contribution in [2.24, 2.45) is 5.73 Å². The second-order valence-electron chi connectivity index (χ2n) is 2.56. The molecule has 0 rings (SSSR count). The first-order valence-corrected chi connectivity index (χ1v) is 3.59. The molecule has 0 fully saturated rings. The van der Waals surface area contributed by atoms with Gasteiger partial charge in [0.1, 0.15) is 5.54 Å². The smallest absolute Gasteiger partial charge is 0.323 e. The third-order valence-corrected chi connectivity index (χ3v) is 1.75. The molecule has 0 aliphatic carbocycles. The van der Waals surface area contributed by atoms with Gasteiger partial charge in [-0.3, -0.25) is 4.79 Å². The summed E-state index contributed by atoms with van der Waals surface area (Å²) >= 11 is 0. The van der Waals surface area contributed by atoms with Gasteiger partial charge in [0.25, 0.3) is 0 Å². The molecular weight excluding hydrogens is 130 g/mol. The van der Waals surface area contributed by atoms with E-state index in [1.807, 2.05) is 6.92 Å². The fraction of sp³-hybridized carbons (Fsp3) is 0.857. The van der Waals surface area contributed by atoms with Crippen LogP contribution < -0.4 is 5.73 Å². The summed E-state index contributed by atoms with van der Waals surface area (Å²) in [4.78, 5) is 10.5. The molecule has 0 aliphatic rings. The Hall–Kier alpha value is -0.570. The molecule has 0 saturated heterocycles. The molecule has 0 aromatic heterocycles. The highest BCUT2D eigenvalue weighted by Gasteiger charge is 2.30. The lowest BCUT2D eigenvalue weighted by atomic mass is 9.92. The first kappa shape index (κ1) is 9.43. The summed E-state index contributed by atoms with van der Waals surface area (Å²) in [6, 6.07) is 0. The Balaban J connectivity index is 4.08. The van der Waals surface area contributed by atoms with Crippen LogP contribution in [0.1, 0.15) is 33.1 Å². The van der Waals surface area contributed by atoms with Crippen LogP contribution in [0.25, 0.3) is 0 Å². The van der Waals surface area contributed by atoms with E-state index in [0.29, 0.717) is 12.8 Å². The first-order valence-electron chi connectivity index (χ1n) is 3.59. The number of aliphatic carboxylic acids is 1. The van der Waals surface area contributed by atoms with Crippen LogP contribution >= 0.6 is 0 Å². The monoisotopic (exact) mass is 145 g/mol. The van der Waals surface area contributed by atoms with Gasteiger partial charge in [0, 0.05) is 0 Å². The van der Waals surface area contributed by atoms with Crippen molar-refractivity contribution in [3.8, 4) is 0 Å². The molecule has 0 saturated carbocycles. The van der Waals surface area contributed by atoms with Gasteiger partial charge in [-0.2, -0.15) is 0 Å². The summed E-state index contributed by atoms with van der Waals surface area (Å²) in [5, 5.41) is 8.64. The van der Waals surface area contributed by atoms with Crippen LogP contribution in [0.4, 0.5) is 0 Å². The van der Waals surface area contributed by atoms with Crippen LogP contribution in [0.15, 0.2) is 0 Å². The number of nitrogens with two attached hydrogens (primary N) is 1. The summed E-state index contributed by atoms with van der Waals surface area (Å²) in [7, 11) is 0. The molecule has 1 atom stereocenters.